The Labute approximate surface area is 197 Å². The number of fused-ring (bicyclic) bond motifs is 4. The van der Waals surface area contributed by atoms with E-state index in [-0.39, 0.29) is 5.92 Å². The van der Waals surface area contributed by atoms with Crippen LogP contribution in [0.25, 0.3) is 11.1 Å². The number of carbonyl (C=O) groups is 1. The van der Waals surface area contributed by atoms with Gasteiger partial charge in [-0.15, -0.1) is 6.58 Å². The SMILES string of the molecule is C=CCc1c(Cl)c(C(=O)OCC2CCc3ccccc32)cc2c1C(O[C]=O)c1ccccc1-2. The van der Waals surface area contributed by atoms with Crippen LogP contribution in [-0.4, -0.2) is 19.0 Å². The predicted octanol–water partition coefficient (Wildman–Crippen LogP) is 6.11. The lowest BCUT2D eigenvalue weighted by atomic mass is 9.94. The summed E-state index contributed by atoms with van der Waals surface area (Å²) in [5.41, 5.74) is 6.89. The van der Waals surface area contributed by atoms with E-state index in [0.29, 0.717) is 29.2 Å². The van der Waals surface area contributed by atoms with Crippen LogP contribution in [0.4, 0.5) is 0 Å². The van der Waals surface area contributed by atoms with Crippen LogP contribution in [0.3, 0.4) is 0 Å². The lowest BCUT2D eigenvalue weighted by Crippen LogP contribution is -2.14. The molecule has 0 saturated heterocycles. The highest BCUT2D eigenvalue weighted by Gasteiger charge is 2.35. The number of benzene rings is 3. The van der Waals surface area contributed by atoms with Gasteiger partial charge in [0.2, 0.25) is 0 Å². The Morgan fingerprint density at radius 1 is 1.12 bits per heavy atom. The average molecular weight is 458 g/mol. The fourth-order valence-corrected chi connectivity index (χ4v) is 5.42. The molecule has 3 aromatic carbocycles. The van der Waals surface area contributed by atoms with Crippen LogP contribution >= 0.6 is 11.6 Å². The second kappa shape index (κ2) is 8.87. The Morgan fingerprint density at radius 3 is 2.67 bits per heavy atom. The minimum atomic E-state index is -0.624. The summed E-state index contributed by atoms with van der Waals surface area (Å²) >= 11 is 6.75. The smallest absolute Gasteiger partial charge is 0.418 e. The molecule has 2 aliphatic carbocycles. The summed E-state index contributed by atoms with van der Waals surface area (Å²) in [6, 6.07) is 17.7. The highest BCUT2D eigenvalue weighted by molar-refractivity contribution is 6.34. The van der Waals surface area contributed by atoms with Gasteiger partial charge < -0.3 is 9.47 Å². The van der Waals surface area contributed by atoms with Gasteiger partial charge in [0.15, 0.2) is 6.10 Å². The molecule has 3 aromatic rings. The van der Waals surface area contributed by atoms with Crippen molar-refractivity contribution < 1.29 is 19.1 Å². The molecule has 4 nitrogen and oxygen atoms in total. The minimum absolute atomic E-state index is 0.188. The zero-order chi connectivity index (χ0) is 22.9. The van der Waals surface area contributed by atoms with Crippen LogP contribution in [0.2, 0.25) is 5.02 Å². The van der Waals surface area contributed by atoms with Crippen molar-refractivity contribution in [1.29, 1.82) is 0 Å². The summed E-state index contributed by atoms with van der Waals surface area (Å²) in [5, 5.41) is 0.303. The average Bonchev–Trinajstić information content (AvgIpc) is 3.39. The molecule has 33 heavy (non-hydrogen) atoms. The molecule has 0 heterocycles. The lowest BCUT2D eigenvalue weighted by Gasteiger charge is -2.18. The van der Waals surface area contributed by atoms with Crippen molar-refractivity contribution in [2.75, 3.05) is 6.61 Å². The number of rotatable bonds is 7. The van der Waals surface area contributed by atoms with E-state index in [1.807, 2.05) is 36.4 Å². The number of esters is 1. The monoisotopic (exact) mass is 457 g/mol. The third-order valence-corrected chi connectivity index (χ3v) is 7.04. The van der Waals surface area contributed by atoms with E-state index in [0.717, 1.165) is 35.1 Å². The number of carbonyl (C=O) groups excluding carboxylic acids is 2. The van der Waals surface area contributed by atoms with Crippen molar-refractivity contribution in [2.45, 2.75) is 31.3 Å². The molecule has 2 unspecified atom stereocenters. The van der Waals surface area contributed by atoms with Crippen LogP contribution in [0, 0.1) is 0 Å². The molecule has 0 aliphatic heterocycles. The van der Waals surface area contributed by atoms with Gasteiger partial charge in [0.25, 0.3) is 0 Å². The molecule has 0 fully saturated rings. The van der Waals surface area contributed by atoms with E-state index in [2.05, 4.69) is 18.7 Å². The molecular formula is C28H22ClO4. The van der Waals surface area contributed by atoms with E-state index in [1.165, 1.54) is 11.1 Å². The van der Waals surface area contributed by atoms with Gasteiger partial charge in [-0.05, 0) is 53.1 Å². The quantitative estimate of drug-likeness (QED) is 0.317. The van der Waals surface area contributed by atoms with Gasteiger partial charge in [-0.2, -0.15) is 0 Å². The van der Waals surface area contributed by atoms with Gasteiger partial charge in [-0.1, -0.05) is 66.2 Å². The number of aryl methyl sites for hydroxylation is 1. The number of hydrogen-bond donors (Lipinski definition) is 0. The molecule has 0 N–H and O–H groups in total. The molecule has 2 aliphatic rings. The fraction of sp³-hybridized carbons (Fsp3) is 0.214. The van der Waals surface area contributed by atoms with Crippen LogP contribution in [0.15, 0.2) is 67.3 Å². The van der Waals surface area contributed by atoms with Crippen LogP contribution in [0.5, 0.6) is 0 Å². The Kier molecular flexibility index (Phi) is 5.77. The van der Waals surface area contributed by atoms with Gasteiger partial charge in [0, 0.05) is 17.0 Å². The predicted molar refractivity (Wildman–Crippen MR) is 127 cm³/mol. The summed E-state index contributed by atoms with van der Waals surface area (Å²) in [5.74, 6) is -0.270. The number of ether oxygens (including phenoxy) is 2. The van der Waals surface area contributed by atoms with E-state index < -0.39 is 12.1 Å². The standard InChI is InChI=1S/C28H22ClO4/c1-2-7-22-25-23(20-10-5-6-11-21(20)27(25)33-16-30)14-24(26(22)29)28(31)32-15-18-13-12-17-8-3-4-9-19(17)18/h2-6,8-11,14,18,27H,1,7,12-13,15H2. The Hall–Kier alpha value is -3.37. The maximum atomic E-state index is 13.2. The van der Waals surface area contributed by atoms with Crippen molar-refractivity contribution in [3.8, 4) is 11.1 Å². The van der Waals surface area contributed by atoms with Crippen molar-refractivity contribution in [3.05, 3.63) is 106 Å². The Balaban J connectivity index is 1.50. The summed E-state index contributed by atoms with van der Waals surface area (Å²) < 4.78 is 11.1. The van der Waals surface area contributed by atoms with Gasteiger partial charge >= 0.3 is 12.4 Å². The normalized spacial score (nSPS) is 17.6. The number of hydrogen-bond acceptors (Lipinski definition) is 4. The van der Waals surface area contributed by atoms with Crippen LogP contribution in [0.1, 0.15) is 56.6 Å². The molecule has 0 amide bonds. The maximum absolute atomic E-state index is 13.2. The fourth-order valence-electron chi connectivity index (χ4n) is 5.11. The molecule has 1 radical (unpaired) electrons. The van der Waals surface area contributed by atoms with Crippen LogP contribution < -0.4 is 0 Å². The van der Waals surface area contributed by atoms with Crippen molar-refractivity contribution in [1.82, 2.24) is 0 Å². The van der Waals surface area contributed by atoms with Crippen molar-refractivity contribution in [3.63, 3.8) is 0 Å². The van der Waals surface area contributed by atoms with E-state index >= 15 is 0 Å². The molecule has 5 heteroatoms. The first-order chi connectivity index (χ1) is 16.1. The second-order valence-electron chi connectivity index (χ2n) is 8.37. The minimum Gasteiger partial charge on any atom is -0.461 e. The summed E-state index contributed by atoms with van der Waals surface area (Å²) in [4.78, 5) is 24.3. The van der Waals surface area contributed by atoms with Gasteiger partial charge in [-0.25, -0.2) is 9.59 Å². The van der Waals surface area contributed by atoms with Crippen LogP contribution in [-0.2, 0) is 27.1 Å². The topological polar surface area (TPSA) is 52.6 Å². The first-order valence-corrected chi connectivity index (χ1v) is 11.3. The summed E-state index contributed by atoms with van der Waals surface area (Å²) in [6.45, 7) is 5.71. The molecule has 0 aromatic heterocycles. The largest absolute Gasteiger partial charge is 0.461 e. The molecule has 0 bridgehead atoms. The Morgan fingerprint density at radius 2 is 1.88 bits per heavy atom. The second-order valence-corrected chi connectivity index (χ2v) is 8.75. The zero-order valence-electron chi connectivity index (χ0n) is 18.0. The molecular weight excluding hydrogens is 436 g/mol. The summed E-state index contributed by atoms with van der Waals surface area (Å²) in [6.07, 6.45) is 3.47. The molecule has 0 spiro atoms. The van der Waals surface area contributed by atoms with E-state index in [9.17, 15) is 9.59 Å². The highest BCUT2D eigenvalue weighted by atomic mass is 35.5. The first kappa shape index (κ1) is 21.5. The highest BCUT2D eigenvalue weighted by Crippen LogP contribution is 2.49. The zero-order valence-corrected chi connectivity index (χ0v) is 18.7. The van der Waals surface area contributed by atoms with Crippen molar-refractivity contribution in [2.24, 2.45) is 0 Å². The third-order valence-electron chi connectivity index (χ3n) is 6.61. The van der Waals surface area contributed by atoms with E-state index in [1.54, 1.807) is 18.6 Å². The number of allylic oxidation sites excluding steroid dienone is 1. The summed E-state index contributed by atoms with van der Waals surface area (Å²) in [7, 11) is 0. The maximum Gasteiger partial charge on any atom is 0.418 e. The number of halogens is 1. The molecule has 2 atom stereocenters. The third kappa shape index (κ3) is 3.65. The molecule has 0 saturated carbocycles. The molecule has 5 rings (SSSR count). The van der Waals surface area contributed by atoms with Gasteiger partial charge in [0.05, 0.1) is 17.2 Å². The first-order valence-electron chi connectivity index (χ1n) is 11.0. The van der Waals surface area contributed by atoms with E-state index in [4.69, 9.17) is 21.1 Å². The van der Waals surface area contributed by atoms with Crippen molar-refractivity contribution >= 4 is 24.0 Å². The lowest BCUT2D eigenvalue weighted by molar-refractivity contribution is 0.0479. The van der Waals surface area contributed by atoms with Gasteiger partial charge in [-0.3, -0.25) is 0 Å². The molecule has 165 valence electrons. The Bertz CT molecular complexity index is 1260. The van der Waals surface area contributed by atoms with Gasteiger partial charge in [0.1, 0.15) is 0 Å².